The van der Waals surface area contributed by atoms with Gasteiger partial charge in [0.25, 0.3) is 0 Å². The Balaban J connectivity index is 1.98. The number of rotatable bonds is 3. The summed E-state index contributed by atoms with van der Waals surface area (Å²) < 4.78 is 5.85. The predicted octanol–water partition coefficient (Wildman–Crippen LogP) is 2.96. The number of hydrogen-bond donors (Lipinski definition) is 1. The van der Waals surface area contributed by atoms with Crippen LogP contribution in [0.2, 0.25) is 0 Å². The van der Waals surface area contributed by atoms with E-state index in [1.165, 1.54) is 38.5 Å². The number of nitrogens with two attached hydrogens (primary N) is 1. The normalized spacial score (nSPS) is 42.2. The summed E-state index contributed by atoms with van der Waals surface area (Å²) in [6.45, 7) is 5.53. The zero-order valence-corrected chi connectivity index (χ0v) is 10.8. The van der Waals surface area contributed by atoms with Crippen molar-refractivity contribution in [1.29, 1.82) is 0 Å². The maximum atomic E-state index is 6.49. The van der Waals surface area contributed by atoms with Gasteiger partial charge in [0.15, 0.2) is 0 Å². The Labute approximate surface area is 99.9 Å². The lowest BCUT2D eigenvalue weighted by Crippen LogP contribution is -2.47. The molecule has 2 aliphatic rings. The molecule has 0 aromatic heterocycles. The minimum absolute atomic E-state index is 0.280. The zero-order valence-electron chi connectivity index (χ0n) is 10.8. The molecule has 0 bridgehead atoms. The van der Waals surface area contributed by atoms with Crippen LogP contribution in [0.15, 0.2) is 0 Å². The highest BCUT2D eigenvalue weighted by Crippen LogP contribution is 2.37. The van der Waals surface area contributed by atoms with Gasteiger partial charge in [0.2, 0.25) is 0 Å². The van der Waals surface area contributed by atoms with E-state index in [0.29, 0.717) is 17.9 Å². The smallest absolute Gasteiger partial charge is 0.0755 e. The van der Waals surface area contributed by atoms with Crippen molar-refractivity contribution in [3.05, 3.63) is 0 Å². The third kappa shape index (κ3) is 2.43. The first-order chi connectivity index (χ1) is 7.74. The van der Waals surface area contributed by atoms with E-state index in [1.54, 1.807) is 0 Å². The summed E-state index contributed by atoms with van der Waals surface area (Å²) in [5.41, 5.74) is 6.49. The Morgan fingerprint density at radius 2 is 2.00 bits per heavy atom. The van der Waals surface area contributed by atoms with Gasteiger partial charge in [0.1, 0.15) is 0 Å². The Hall–Kier alpha value is -0.0800. The van der Waals surface area contributed by atoms with Gasteiger partial charge in [-0.3, -0.25) is 0 Å². The summed E-state index contributed by atoms with van der Waals surface area (Å²) in [5.74, 6) is 2.22. The van der Waals surface area contributed by atoms with Crippen LogP contribution in [0.25, 0.3) is 0 Å². The summed E-state index contributed by atoms with van der Waals surface area (Å²) in [6.07, 6.45) is 8.31. The molecule has 2 rings (SSSR count). The fourth-order valence-corrected chi connectivity index (χ4v) is 3.70. The van der Waals surface area contributed by atoms with Crippen LogP contribution < -0.4 is 5.73 Å². The molecule has 1 aliphatic carbocycles. The first kappa shape index (κ1) is 12.4. The Morgan fingerprint density at radius 3 is 2.62 bits per heavy atom. The summed E-state index contributed by atoms with van der Waals surface area (Å²) in [4.78, 5) is 0. The molecular weight excluding hydrogens is 198 g/mol. The van der Waals surface area contributed by atoms with Crippen LogP contribution in [0.5, 0.6) is 0 Å². The van der Waals surface area contributed by atoms with Crippen molar-refractivity contribution in [2.45, 2.75) is 64.5 Å². The van der Waals surface area contributed by atoms with E-state index in [2.05, 4.69) is 13.8 Å². The molecule has 94 valence electrons. The quantitative estimate of drug-likeness (QED) is 0.801. The van der Waals surface area contributed by atoms with Crippen LogP contribution in [0.1, 0.15) is 52.4 Å². The molecule has 5 unspecified atom stereocenters. The Bertz CT molecular complexity index is 219. The Morgan fingerprint density at radius 1 is 1.25 bits per heavy atom. The second kappa shape index (κ2) is 5.50. The molecule has 16 heavy (non-hydrogen) atoms. The van der Waals surface area contributed by atoms with Gasteiger partial charge >= 0.3 is 0 Å². The van der Waals surface area contributed by atoms with Crippen LogP contribution in [0, 0.1) is 17.8 Å². The van der Waals surface area contributed by atoms with Crippen LogP contribution in [-0.2, 0) is 4.74 Å². The maximum Gasteiger partial charge on any atom is 0.0755 e. The summed E-state index contributed by atoms with van der Waals surface area (Å²) >= 11 is 0. The van der Waals surface area contributed by atoms with Gasteiger partial charge in [-0.15, -0.1) is 0 Å². The van der Waals surface area contributed by atoms with Crippen molar-refractivity contribution in [1.82, 2.24) is 0 Å². The molecule has 1 saturated carbocycles. The van der Waals surface area contributed by atoms with E-state index >= 15 is 0 Å². The van der Waals surface area contributed by atoms with Crippen molar-refractivity contribution in [3.8, 4) is 0 Å². The average molecular weight is 225 g/mol. The largest absolute Gasteiger partial charge is 0.376 e. The zero-order chi connectivity index (χ0) is 11.5. The van der Waals surface area contributed by atoms with Gasteiger partial charge in [-0.05, 0) is 30.6 Å². The summed E-state index contributed by atoms with van der Waals surface area (Å²) in [5, 5.41) is 0. The molecule has 0 spiro atoms. The van der Waals surface area contributed by atoms with E-state index in [4.69, 9.17) is 10.5 Å². The van der Waals surface area contributed by atoms with E-state index in [1.807, 2.05) is 0 Å². The fourth-order valence-electron chi connectivity index (χ4n) is 3.70. The topological polar surface area (TPSA) is 35.2 Å². The second-order valence-electron chi connectivity index (χ2n) is 5.80. The van der Waals surface area contributed by atoms with Crippen LogP contribution in [0.4, 0.5) is 0 Å². The van der Waals surface area contributed by atoms with Crippen molar-refractivity contribution in [2.75, 3.05) is 6.61 Å². The van der Waals surface area contributed by atoms with Gasteiger partial charge in [-0.25, -0.2) is 0 Å². The predicted molar refractivity (Wildman–Crippen MR) is 67.2 cm³/mol. The standard InChI is InChI=1S/C14H27NO/c1-3-11-6-4-5-7-12(11)13(15)14-10(2)8-9-16-14/h10-14H,3-9,15H2,1-2H3. The van der Waals surface area contributed by atoms with Gasteiger partial charge in [-0.1, -0.05) is 39.5 Å². The number of ether oxygens (including phenoxy) is 1. The lowest BCUT2D eigenvalue weighted by Gasteiger charge is -2.38. The minimum Gasteiger partial charge on any atom is -0.376 e. The van der Waals surface area contributed by atoms with Crippen molar-refractivity contribution < 1.29 is 4.74 Å². The lowest BCUT2D eigenvalue weighted by molar-refractivity contribution is 0.0325. The SMILES string of the molecule is CCC1CCCCC1C(N)C1OCCC1C. The fraction of sp³-hybridized carbons (Fsp3) is 1.00. The monoisotopic (exact) mass is 225 g/mol. The van der Waals surface area contributed by atoms with E-state index in [9.17, 15) is 0 Å². The molecule has 0 radical (unpaired) electrons. The van der Waals surface area contributed by atoms with E-state index < -0.39 is 0 Å². The molecule has 0 aromatic carbocycles. The van der Waals surface area contributed by atoms with Crippen molar-refractivity contribution in [3.63, 3.8) is 0 Å². The third-order valence-electron chi connectivity index (χ3n) is 4.81. The molecule has 2 nitrogen and oxygen atoms in total. The van der Waals surface area contributed by atoms with Gasteiger partial charge < -0.3 is 10.5 Å². The maximum absolute atomic E-state index is 6.49. The molecule has 2 fully saturated rings. The van der Waals surface area contributed by atoms with Crippen LogP contribution in [0.3, 0.4) is 0 Å². The first-order valence-electron chi connectivity index (χ1n) is 7.11. The highest BCUT2D eigenvalue weighted by atomic mass is 16.5. The van der Waals surface area contributed by atoms with Crippen molar-refractivity contribution in [2.24, 2.45) is 23.5 Å². The molecule has 1 heterocycles. The van der Waals surface area contributed by atoms with E-state index in [-0.39, 0.29) is 6.04 Å². The second-order valence-corrected chi connectivity index (χ2v) is 5.80. The molecule has 0 amide bonds. The Kier molecular flexibility index (Phi) is 4.26. The molecule has 0 aromatic rings. The summed E-state index contributed by atoms with van der Waals surface area (Å²) in [6, 6.07) is 0.280. The lowest BCUT2D eigenvalue weighted by atomic mass is 9.72. The minimum atomic E-state index is 0.280. The number of hydrogen-bond acceptors (Lipinski definition) is 2. The van der Waals surface area contributed by atoms with Gasteiger partial charge in [0, 0.05) is 12.6 Å². The highest BCUT2D eigenvalue weighted by Gasteiger charge is 2.38. The molecule has 2 N–H and O–H groups in total. The molecule has 2 heteroatoms. The van der Waals surface area contributed by atoms with Crippen LogP contribution >= 0.6 is 0 Å². The molecule has 1 saturated heterocycles. The highest BCUT2D eigenvalue weighted by molar-refractivity contribution is 4.91. The van der Waals surface area contributed by atoms with E-state index in [0.717, 1.165) is 12.5 Å². The summed E-state index contributed by atoms with van der Waals surface area (Å²) in [7, 11) is 0. The molecule has 1 aliphatic heterocycles. The molecular formula is C14H27NO. The van der Waals surface area contributed by atoms with Crippen molar-refractivity contribution >= 4 is 0 Å². The molecule has 5 atom stereocenters. The van der Waals surface area contributed by atoms with Gasteiger partial charge in [0.05, 0.1) is 6.10 Å². The van der Waals surface area contributed by atoms with Gasteiger partial charge in [-0.2, -0.15) is 0 Å². The average Bonchev–Trinajstić information content (AvgIpc) is 2.74. The first-order valence-corrected chi connectivity index (χ1v) is 7.11. The third-order valence-corrected chi connectivity index (χ3v) is 4.81. The van der Waals surface area contributed by atoms with Crippen LogP contribution in [-0.4, -0.2) is 18.8 Å².